The number of likely N-dealkylation sites (N-methyl/N-ethyl adjacent to an activating group) is 1. The van der Waals surface area contributed by atoms with Crippen molar-refractivity contribution in [3.05, 3.63) is 66.0 Å². The molecule has 0 radical (unpaired) electrons. The van der Waals surface area contributed by atoms with E-state index in [1.807, 2.05) is 46.0 Å². The SMILES string of the molecule is CN(C)[C@H]1CCN(c2nc3c(cc2F)-n2cnnc2-c2cc(-c4ccc(C#N)cc4)cn2C3)C1. The van der Waals surface area contributed by atoms with Gasteiger partial charge in [-0.2, -0.15) is 5.26 Å². The average Bonchev–Trinajstić information content (AvgIpc) is 3.58. The number of aromatic nitrogens is 5. The third kappa shape index (κ3) is 3.26. The van der Waals surface area contributed by atoms with Crippen LogP contribution in [0.15, 0.2) is 48.9 Å². The van der Waals surface area contributed by atoms with Crippen molar-refractivity contribution in [2.75, 3.05) is 32.1 Å². The molecule has 3 aromatic heterocycles. The molecule has 0 amide bonds. The van der Waals surface area contributed by atoms with E-state index in [-0.39, 0.29) is 5.82 Å². The normalized spacial score (nSPS) is 16.7. The average molecular weight is 455 g/mol. The second-order valence-electron chi connectivity index (χ2n) is 9.07. The van der Waals surface area contributed by atoms with Crippen LogP contribution in [0.4, 0.5) is 10.2 Å². The van der Waals surface area contributed by atoms with E-state index in [1.54, 1.807) is 12.4 Å². The van der Waals surface area contributed by atoms with E-state index in [9.17, 15) is 0 Å². The van der Waals surface area contributed by atoms with Gasteiger partial charge in [0.15, 0.2) is 17.5 Å². The molecule has 170 valence electrons. The van der Waals surface area contributed by atoms with Gasteiger partial charge in [0.25, 0.3) is 0 Å². The molecule has 1 fully saturated rings. The number of nitriles is 1. The largest absolute Gasteiger partial charge is 0.353 e. The van der Waals surface area contributed by atoms with Crippen LogP contribution in [0.3, 0.4) is 0 Å². The lowest BCUT2D eigenvalue weighted by molar-refractivity contribution is 0.315. The lowest BCUT2D eigenvalue weighted by Crippen LogP contribution is -2.32. The summed E-state index contributed by atoms with van der Waals surface area (Å²) in [6.07, 6.45) is 4.64. The number of anilines is 1. The lowest BCUT2D eigenvalue weighted by Gasteiger charge is -2.22. The zero-order valence-electron chi connectivity index (χ0n) is 19.0. The molecule has 0 saturated carbocycles. The molecule has 0 spiro atoms. The highest BCUT2D eigenvalue weighted by molar-refractivity contribution is 5.72. The van der Waals surface area contributed by atoms with E-state index >= 15 is 4.39 Å². The van der Waals surface area contributed by atoms with Gasteiger partial charge in [0.2, 0.25) is 0 Å². The predicted octanol–water partition coefficient (Wildman–Crippen LogP) is 3.31. The third-order valence-corrected chi connectivity index (χ3v) is 6.81. The van der Waals surface area contributed by atoms with Crippen molar-refractivity contribution in [3.8, 4) is 34.4 Å². The minimum absolute atomic E-state index is 0.331. The minimum atomic E-state index is -0.331. The molecular weight excluding hydrogens is 431 g/mol. The molecule has 4 aromatic rings. The van der Waals surface area contributed by atoms with Crippen LogP contribution in [0, 0.1) is 17.1 Å². The van der Waals surface area contributed by atoms with Gasteiger partial charge in [0.1, 0.15) is 6.33 Å². The van der Waals surface area contributed by atoms with Crippen LogP contribution in [0.1, 0.15) is 17.7 Å². The zero-order valence-corrected chi connectivity index (χ0v) is 19.0. The first-order chi connectivity index (χ1) is 16.5. The highest BCUT2D eigenvalue weighted by Gasteiger charge is 2.30. The maximum Gasteiger partial charge on any atom is 0.185 e. The van der Waals surface area contributed by atoms with Crippen molar-refractivity contribution in [1.82, 2.24) is 29.2 Å². The van der Waals surface area contributed by atoms with Crippen molar-refractivity contribution in [2.24, 2.45) is 0 Å². The summed E-state index contributed by atoms with van der Waals surface area (Å²) in [5.74, 6) is 0.713. The summed E-state index contributed by atoms with van der Waals surface area (Å²) < 4.78 is 19.2. The second-order valence-corrected chi connectivity index (χ2v) is 9.07. The molecule has 0 aliphatic carbocycles. The van der Waals surface area contributed by atoms with Crippen LogP contribution >= 0.6 is 0 Å². The number of benzene rings is 1. The fraction of sp³-hybridized carbons (Fsp3) is 0.280. The highest BCUT2D eigenvalue weighted by Crippen LogP contribution is 2.35. The Labute approximate surface area is 196 Å². The Balaban J connectivity index is 1.43. The molecule has 1 saturated heterocycles. The molecule has 34 heavy (non-hydrogen) atoms. The maximum atomic E-state index is 15.3. The fourth-order valence-electron chi connectivity index (χ4n) is 4.88. The monoisotopic (exact) mass is 454 g/mol. The van der Waals surface area contributed by atoms with E-state index < -0.39 is 0 Å². The van der Waals surface area contributed by atoms with Crippen molar-refractivity contribution in [3.63, 3.8) is 0 Å². The molecule has 0 unspecified atom stereocenters. The first-order valence-electron chi connectivity index (χ1n) is 11.2. The van der Waals surface area contributed by atoms with Crippen molar-refractivity contribution < 1.29 is 4.39 Å². The second kappa shape index (κ2) is 7.78. The van der Waals surface area contributed by atoms with Gasteiger partial charge >= 0.3 is 0 Å². The van der Waals surface area contributed by atoms with Gasteiger partial charge in [-0.25, -0.2) is 9.37 Å². The molecular formula is C25H23FN8. The summed E-state index contributed by atoms with van der Waals surface area (Å²) in [5, 5.41) is 17.5. The Kier molecular flexibility index (Phi) is 4.71. The molecule has 2 aliphatic rings. The quantitative estimate of drug-likeness (QED) is 0.416. The van der Waals surface area contributed by atoms with Gasteiger partial charge in [-0.15, -0.1) is 10.2 Å². The topological polar surface area (TPSA) is 78.8 Å². The lowest BCUT2D eigenvalue weighted by atomic mass is 10.1. The standard InChI is InChI=1S/C25H23FN8/c1-31(2)19-7-8-32(13-19)24-20(26)10-22-21(29-24)14-33-12-18(17-5-3-16(11-27)4-6-17)9-23(33)25-30-28-15-34(22)25/h3-6,9-10,12,15,19H,7-8,13-14H2,1-2H3/t19-/m0/s1. The number of fused-ring (bicyclic) bond motifs is 5. The smallest absolute Gasteiger partial charge is 0.185 e. The number of hydrogen-bond donors (Lipinski definition) is 0. The van der Waals surface area contributed by atoms with Gasteiger partial charge in [0.05, 0.1) is 35.3 Å². The summed E-state index contributed by atoms with van der Waals surface area (Å²) in [5.41, 5.74) is 4.94. The van der Waals surface area contributed by atoms with Crippen molar-refractivity contribution in [2.45, 2.75) is 19.0 Å². The molecule has 9 heteroatoms. The predicted molar refractivity (Wildman–Crippen MR) is 126 cm³/mol. The van der Waals surface area contributed by atoms with E-state index in [0.29, 0.717) is 35.5 Å². The molecule has 0 N–H and O–H groups in total. The number of halogens is 1. The Hall–Kier alpha value is -4.03. The summed E-state index contributed by atoms with van der Waals surface area (Å²) in [7, 11) is 4.11. The molecule has 6 rings (SSSR count). The molecule has 8 nitrogen and oxygen atoms in total. The summed E-state index contributed by atoms with van der Waals surface area (Å²) in [6.45, 7) is 2.02. The molecule has 5 heterocycles. The summed E-state index contributed by atoms with van der Waals surface area (Å²) in [6, 6.07) is 13.6. The Bertz CT molecular complexity index is 1430. The number of nitrogens with zero attached hydrogens (tertiary/aromatic N) is 8. The van der Waals surface area contributed by atoms with Crippen molar-refractivity contribution in [1.29, 1.82) is 5.26 Å². The Morgan fingerprint density at radius 1 is 1.15 bits per heavy atom. The Morgan fingerprint density at radius 2 is 1.97 bits per heavy atom. The minimum Gasteiger partial charge on any atom is -0.353 e. The Morgan fingerprint density at radius 3 is 2.71 bits per heavy atom. The van der Waals surface area contributed by atoms with E-state index in [4.69, 9.17) is 10.2 Å². The van der Waals surface area contributed by atoms with Crippen LogP contribution in [0.2, 0.25) is 0 Å². The third-order valence-electron chi connectivity index (χ3n) is 6.81. The van der Waals surface area contributed by atoms with E-state index in [2.05, 4.69) is 39.8 Å². The molecule has 2 aliphatic heterocycles. The van der Waals surface area contributed by atoms with Gasteiger partial charge in [0, 0.05) is 37.0 Å². The van der Waals surface area contributed by atoms with Crippen LogP contribution in [0.5, 0.6) is 0 Å². The summed E-state index contributed by atoms with van der Waals surface area (Å²) in [4.78, 5) is 9.05. The first-order valence-corrected chi connectivity index (χ1v) is 11.2. The maximum absolute atomic E-state index is 15.3. The zero-order chi connectivity index (χ0) is 23.4. The van der Waals surface area contributed by atoms with Gasteiger partial charge in [-0.3, -0.25) is 4.57 Å². The number of rotatable bonds is 3. The van der Waals surface area contributed by atoms with Gasteiger partial charge in [-0.05, 0) is 44.3 Å². The number of hydrogen-bond acceptors (Lipinski definition) is 6. The van der Waals surface area contributed by atoms with Gasteiger partial charge < -0.3 is 14.4 Å². The summed E-state index contributed by atoms with van der Waals surface area (Å²) >= 11 is 0. The van der Waals surface area contributed by atoms with Crippen molar-refractivity contribution >= 4 is 5.82 Å². The fourth-order valence-corrected chi connectivity index (χ4v) is 4.88. The number of pyridine rings is 1. The van der Waals surface area contributed by atoms with Crippen LogP contribution in [-0.2, 0) is 6.54 Å². The van der Waals surface area contributed by atoms with Crippen LogP contribution in [-0.4, -0.2) is 62.4 Å². The van der Waals surface area contributed by atoms with E-state index in [1.165, 1.54) is 0 Å². The molecule has 1 atom stereocenters. The van der Waals surface area contributed by atoms with Crippen LogP contribution in [0.25, 0.3) is 28.3 Å². The molecule has 0 bridgehead atoms. The highest BCUT2D eigenvalue weighted by atomic mass is 19.1. The first kappa shape index (κ1) is 20.6. The van der Waals surface area contributed by atoms with Crippen LogP contribution < -0.4 is 4.90 Å². The van der Waals surface area contributed by atoms with E-state index in [0.717, 1.165) is 42.0 Å². The molecule has 1 aromatic carbocycles. The van der Waals surface area contributed by atoms with Gasteiger partial charge in [-0.1, -0.05) is 12.1 Å².